The van der Waals surface area contributed by atoms with Gasteiger partial charge in [0.15, 0.2) is 0 Å². The van der Waals surface area contributed by atoms with Crippen molar-refractivity contribution in [2.75, 3.05) is 20.2 Å². The number of carbonyl (C=O) groups is 1. The average molecular weight is 267 g/mol. The zero-order chi connectivity index (χ0) is 13.1. The number of thiophene rings is 1. The summed E-state index contributed by atoms with van der Waals surface area (Å²) in [6, 6.07) is 1.99. The Kier molecular flexibility index (Phi) is 4.40. The lowest BCUT2D eigenvalue weighted by atomic mass is 10.1. The Balaban J connectivity index is 1.89. The number of ether oxygens (including phenoxy) is 1. The highest BCUT2D eigenvalue weighted by Crippen LogP contribution is 2.22. The minimum Gasteiger partial charge on any atom is -0.378 e. The van der Waals surface area contributed by atoms with Crippen LogP contribution in [0, 0.1) is 13.8 Å². The lowest BCUT2D eigenvalue weighted by Crippen LogP contribution is -2.29. The number of hydrogen-bond acceptors (Lipinski definition) is 3. The van der Waals surface area contributed by atoms with Crippen molar-refractivity contribution in [2.45, 2.75) is 39.2 Å². The Hall–Kier alpha value is -0.870. The molecule has 1 aromatic heterocycles. The lowest BCUT2D eigenvalue weighted by Gasteiger charge is -2.19. The summed E-state index contributed by atoms with van der Waals surface area (Å²) in [4.78, 5) is 16.4. The van der Waals surface area contributed by atoms with Crippen LogP contribution in [0.2, 0.25) is 0 Å². The molecule has 100 valence electrons. The van der Waals surface area contributed by atoms with Crippen LogP contribution in [-0.4, -0.2) is 37.1 Å². The maximum atomic E-state index is 12.3. The van der Waals surface area contributed by atoms with Crippen LogP contribution in [0.1, 0.15) is 39.4 Å². The van der Waals surface area contributed by atoms with Gasteiger partial charge in [0.2, 0.25) is 0 Å². The SMILES string of the molecule is Cc1cc(C(=O)N(C)CC[C@H]2CCCO2)c(C)s1. The third-order valence-corrected chi connectivity index (χ3v) is 4.39. The maximum absolute atomic E-state index is 12.3. The zero-order valence-electron chi connectivity index (χ0n) is 11.4. The first-order valence-corrected chi connectivity index (χ1v) is 7.33. The second kappa shape index (κ2) is 5.85. The molecule has 1 aromatic rings. The van der Waals surface area contributed by atoms with E-state index in [2.05, 4.69) is 0 Å². The molecule has 0 spiro atoms. The number of rotatable bonds is 4. The summed E-state index contributed by atoms with van der Waals surface area (Å²) < 4.78 is 5.58. The van der Waals surface area contributed by atoms with Gasteiger partial charge in [0.05, 0.1) is 11.7 Å². The van der Waals surface area contributed by atoms with E-state index >= 15 is 0 Å². The fourth-order valence-corrected chi connectivity index (χ4v) is 3.28. The van der Waals surface area contributed by atoms with E-state index in [4.69, 9.17) is 4.74 Å². The minimum absolute atomic E-state index is 0.134. The van der Waals surface area contributed by atoms with Crippen molar-refractivity contribution < 1.29 is 9.53 Å². The third kappa shape index (κ3) is 3.12. The van der Waals surface area contributed by atoms with Crippen LogP contribution in [0.5, 0.6) is 0 Å². The van der Waals surface area contributed by atoms with Gasteiger partial charge >= 0.3 is 0 Å². The summed E-state index contributed by atoms with van der Waals surface area (Å²) in [5, 5.41) is 0. The van der Waals surface area contributed by atoms with Gasteiger partial charge in [-0.1, -0.05) is 0 Å². The van der Waals surface area contributed by atoms with E-state index in [-0.39, 0.29) is 5.91 Å². The number of amides is 1. The predicted octanol–water partition coefficient (Wildman–Crippen LogP) is 3.01. The highest BCUT2D eigenvalue weighted by Gasteiger charge is 2.19. The van der Waals surface area contributed by atoms with E-state index in [1.807, 2.05) is 31.9 Å². The maximum Gasteiger partial charge on any atom is 0.254 e. The van der Waals surface area contributed by atoms with Crippen molar-refractivity contribution >= 4 is 17.2 Å². The molecule has 0 saturated carbocycles. The number of hydrogen-bond donors (Lipinski definition) is 0. The molecule has 18 heavy (non-hydrogen) atoms. The Morgan fingerprint density at radius 1 is 1.56 bits per heavy atom. The lowest BCUT2D eigenvalue weighted by molar-refractivity contribution is 0.0715. The van der Waals surface area contributed by atoms with Crippen molar-refractivity contribution in [3.63, 3.8) is 0 Å². The van der Waals surface area contributed by atoms with Crippen LogP contribution in [0.4, 0.5) is 0 Å². The van der Waals surface area contributed by atoms with Crippen molar-refractivity contribution in [2.24, 2.45) is 0 Å². The van der Waals surface area contributed by atoms with Gasteiger partial charge in [0, 0.05) is 30.0 Å². The molecule has 2 rings (SSSR count). The summed E-state index contributed by atoms with van der Waals surface area (Å²) in [5.41, 5.74) is 0.854. The quantitative estimate of drug-likeness (QED) is 0.839. The van der Waals surface area contributed by atoms with E-state index in [0.717, 1.165) is 42.9 Å². The zero-order valence-corrected chi connectivity index (χ0v) is 12.2. The Labute approximate surface area is 113 Å². The normalized spacial score (nSPS) is 19.2. The van der Waals surface area contributed by atoms with Crippen LogP contribution < -0.4 is 0 Å². The topological polar surface area (TPSA) is 29.5 Å². The predicted molar refractivity (Wildman–Crippen MR) is 74.3 cm³/mol. The van der Waals surface area contributed by atoms with Gasteiger partial charge in [-0.2, -0.15) is 0 Å². The number of nitrogens with zero attached hydrogens (tertiary/aromatic N) is 1. The molecule has 0 unspecified atom stereocenters. The van der Waals surface area contributed by atoms with Crippen molar-refractivity contribution in [3.05, 3.63) is 21.4 Å². The van der Waals surface area contributed by atoms with Gasteiger partial charge in [-0.15, -0.1) is 11.3 Å². The molecule has 0 aromatic carbocycles. The number of carbonyl (C=O) groups excluding carboxylic acids is 1. The minimum atomic E-state index is 0.134. The molecular formula is C14H21NO2S. The highest BCUT2D eigenvalue weighted by atomic mass is 32.1. The molecule has 0 aliphatic carbocycles. The highest BCUT2D eigenvalue weighted by molar-refractivity contribution is 7.12. The molecule has 0 bridgehead atoms. The third-order valence-electron chi connectivity index (χ3n) is 3.43. The van der Waals surface area contributed by atoms with Gasteiger partial charge < -0.3 is 9.64 Å². The molecular weight excluding hydrogens is 246 g/mol. The molecule has 1 saturated heterocycles. The first-order valence-electron chi connectivity index (χ1n) is 6.52. The van der Waals surface area contributed by atoms with E-state index < -0.39 is 0 Å². The van der Waals surface area contributed by atoms with E-state index in [1.54, 1.807) is 11.3 Å². The van der Waals surface area contributed by atoms with Gasteiger partial charge in [-0.3, -0.25) is 4.79 Å². The van der Waals surface area contributed by atoms with E-state index in [1.165, 1.54) is 4.88 Å². The van der Waals surface area contributed by atoms with E-state index in [9.17, 15) is 4.79 Å². The number of aryl methyl sites for hydroxylation is 2. The smallest absolute Gasteiger partial charge is 0.254 e. The molecule has 1 fully saturated rings. The Morgan fingerprint density at radius 2 is 2.33 bits per heavy atom. The summed E-state index contributed by atoms with van der Waals surface area (Å²) in [6.45, 7) is 5.71. The Morgan fingerprint density at radius 3 is 2.89 bits per heavy atom. The van der Waals surface area contributed by atoms with Crippen LogP contribution in [0.3, 0.4) is 0 Å². The molecule has 1 atom stereocenters. The molecule has 3 nitrogen and oxygen atoms in total. The van der Waals surface area contributed by atoms with Crippen LogP contribution in [0.15, 0.2) is 6.07 Å². The molecule has 0 radical (unpaired) electrons. The van der Waals surface area contributed by atoms with Crippen LogP contribution >= 0.6 is 11.3 Å². The first-order chi connectivity index (χ1) is 8.58. The van der Waals surface area contributed by atoms with Crippen molar-refractivity contribution in [1.29, 1.82) is 0 Å². The summed E-state index contributed by atoms with van der Waals surface area (Å²) in [7, 11) is 1.88. The Bertz CT molecular complexity index is 421. The van der Waals surface area contributed by atoms with Crippen LogP contribution in [-0.2, 0) is 4.74 Å². The summed E-state index contributed by atoms with van der Waals surface area (Å²) in [6.07, 6.45) is 3.60. The molecule has 1 aliphatic heterocycles. The van der Waals surface area contributed by atoms with Gasteiger partial charge in [0.25, 0.3) is 5.91 Å². The summed E-state index contributed by atoms with van der Waals surface area (Å²) in [5.74, 6) is 0.134. The molecule has 4 heteroatoms. The molecule has 1 amide bonds. The largest absolute Gasteiger partial charge is 0.378 e. The fourth-order valence-electron chi connectivity index (χ4n) is 2.36. The molecule has 1 aliphatic rings. The molecule has 2 heterocycles. The van der Waals surface area contributed by atoms with Crippen LogP contribution in [0.25, 0.3) is 0 Å². The van der Waals surface area contributed by atoms with Gasteiger partial charge in [0.1, 0.15) is 0 Å². The van der Waals surface area contributed by atoms with Crippen molar-refractivity contribution in [1.82, 2.24) is 4.90 Å². The summed E-state index contributed by atoms with van der Waals surface area (Å²) >= 11 is 1.69. The molecule has 0 N–H and O–H groups in total. The van der Waals surface area contributed by atoms with Crippen molar-refractivity contribution in [3.8, 4) is 0 Å². The fraction of sp³-hybridized carbons (Fsp3) is 0.643. The standard InChI is InChI=1S/C14H21NO2S/c1-10-9-13(11(2)18-10)14(16)15(3)7-6-12-5-4-8-17-12/h9,12H,4-8H2,1-3H3/t12-/m1/s1. The monoisotopic (exact) mass is 267 g/mol. The second-order valence-corrected chi connectivity index (χ2v) is 6.44. The van der Waals surface area contributed by atoms with Gasteiger partial charge in [-0.05, 0) is 39.2 Å². The van der Waals surface area contributed by atoms with Gasteiger partial charge in [-0.25, -0.2) is 0 Å². The van der Waals surface area contributed by atoms with E-state index in [0.29, 0.717) is 6.10 Å². The second-order valence-electron chi connectivity index (χ2n) is 4.98. The first kappa shape index (κ1) is 13.6. The average Bonchev–Trinajstić information content (AvgIpc) is 2.94.